The smallest absolute Gasteiger partial charge is 0.309 e. The average Bonchev–Trinajstić information content (AvgIpc) is 3.78. The molecule has 0 spiro atoms. The van der Waals surface area contributed by atoms with Gasteiger partial charge in [-0.15, -0.1) is 0 Å². The number of nitriles is 1. The molecule has 7 aromatic carbocycles. The van der Waals surface area contributed by atoms with Gasteiger partial charge >= 0.3 is 37.1 Å². The lowest BCUT2D eigenvalue weighted by Gasteiger charge is -2.22. The molecule has 0 aliphatic heterocycles. The fraction of sp³-hybridized carbons (Fsp3) is 0.122. The monoisotopic (exact) mass is 993 g/mol. The lowest BCUT2D eigenvalue weighted by molar-refractivity contribution is -0.142. The van der Waals surface area contributed by atoms with E-state index in [-0.39, 0.29) is 44.6 Å². The van der Waals surface area contributed by atoms with E-state index in [1.54, 1.807) is 0 Å². The van der Waals surface area contributed by atoms with E-state index in [1.807, 2.05) is 6.07 Å². The highest BCUT2D eigenvalue weighted by molar-refractivity contribution is 6.12. The topological polar surface area (TPSA) is 33.6 Å². The van der Waals surface area contributed by atoms with Crippen LogP contribution >= 0.6 is 0 Å². The van der Waals surface area contributed by atoms with E-state index in [1.165, 1.54) is 0 Å². The van der Waals surface area contributed by atoms with Gasteiger partial charge in [-0.25, -0.2) is 0 Å². The zero-order valence-electron chi connectivity index (χ0n) is 34.3. The molecule has 70 heavy (non-hydrogen) atoms. The Balaban J connectivity index is 1.47. The number of rotatable bonds is 4. The van der Waals surface area contributed by atoms with E-state index in [2.05, 4.69) is 0 Å². The third-order valence-corrected chi connectivity index (χ3v) is 11.7. The minimum atomic E-state index is -5.46. The lowest BCUT2D eigenvalue weighted by Crippen LogP contribution is -2.14. The Kier molecular flexibility index (Phi) is 10.6. The summed E-state index contributed by atoms with van der Waals surface area (Å²) in [6, 6.07) is 16.8. The second-order valence-corrected chi connectivity index (χ2v) is 15.9. The molecule has 0 aliphatic carbocycles. The average molecular weight is 994 g/mol. The molecule has 0 aliphatic rings. The summed E-state index contributed by atoms with van der Waals surface area (Å²) in [6.07, 6.45) is -31.1. The zero-order chi connectivity index (χ0) is 50.8. The Morgan fingerprint density at radius 3 is 0.986 bits per heavy atom. The fourth-order valence-electron chi connectivity index (χ4n) is 8.73. The lowest BCUT2D eigenvalue weighted by atomic mass is 9.90. The molecule has 0 amide bonds. The van der Waals surface area contributed by atoms with Crippen molar-refractivity contribution in [1.29, 1.82) is 5.26 Å². The molecular weight excluding hydrogens is 973 g/mol. The van der Waals surface area contributed by atoms with Crippen molar-refractivity contribution >= 4 is 43.6 Å². The van der Waals surface area contributed by atoms with E-state index in [4.69, 9.17) is 0 Å². The molecular formula is C49H21F18N3. The van der Waals surface area contributed by atoms with Gasteiger partial charge in [0.05, 0.1) is 78.5 Å². The summed E-state index contributed by atoms with van der Waals surface area (Å²) in [7, 11) is 0. The van der Waals surface area contributed by atoms with Crippen LogP contribution in [0.25, 0.3) is 77.2 Å². The van der Waals surface area contributed by atoms with Crippen molar-refractivity contribution in [2.24, 2.45) is 0 Å². The number of alkyl halides is 18. The Morgan fingerprint density at radius 2 is 0.671 bits per heavy atom. The molecule has 0 N–H and O–H groups in total. The molecule has 2 aromatic heterocycles. The van der Waals surface area contributed by atoms with Gasteiger partial charge < -0.3 is 9.13 Å². The first-order valence-electron chi connectivity index (χ1n) is 19.9. The maximum atomic E-state index is 14.7. The molecule has 0 radical (unpaired) electrons. The molecule has 0 fully saturated rings. The summed E-state index contributed by atoms with van der Waals surface area (Å²) in [5.41, 5.74) is -13.9. The number of nitrogens with zero attached hydrogens (tertiary/aromatic N) is 3. The maximum absolute atomic E-state index is 14.7. The van der Waals surface area contributed by atoms with E-state index in [9.17, 15) is 84.3 Å². The summed E-state index contributed by atoms with van der Waals surface area (Å²) in [6.45, 7) is 0. The van der Waals surface area contributed by atoms with Crippen LogP contribution in [-0.2, 0) is 37.1 Å². The Bertz CT molecular complexity index is 3470. The molecule has 9 aromatic rings. The molecule has 0 atom stereocenters. The van der Waals surface area contributed by atoms with Crippen LogP contribution in [0.3, 0.4) is 0 Å². The summed E-state index contributed by atoms with van der Waals surface area (Å²) >= 11 is 0. The normalized spacial score (nSPS) is 13.3. The molecule has 0 saturated heterocycles. The summed E-state index contributed by atoms with van der Waals surface area (Å²) < 4.78 is 261. The van der Waals surface area contributed by atoms with Crippen LogP contribution in [0.1, 0.15) is 38.9 Å². The van der Waals surface area contributed by atoms with Crippen LogP contribution in [0.15, 0.2) is 127 Å². The Morgan fingerprint density at radius 1 is 0.343 bits per heavy atom. The van der Waals surface area contributed by atoms with Crippen LogP contribution in [0.2, 0.25) is 0 Å². The van der Waals surface area contributed by atoms with Gasteiger partial charge in [0, 0.05) is 38.2 Å². The second-order valence-electron chi connectivity index (χ2n) is 15.9. The first-order chi connectivity index (χ1) is 32.5. The predicted molar refractivity (Wildman–Crippen MR) is 221 cm³/mol. The van der Waals surface area contributed by atoms with Gasteiger partial charge in [-0.2, -0.15) is 84.3 Å². The number of benzene rings is 7. The van der Waals surface area contributed by atoms with E-state index < -0.39 is 109 Å². The largest absolute Gasteiger partial charge is 0.417 e. The first kappa shape index (κ1) is 47.4. The van der Waals surface area contributed by atoms with Crippen molar-refractivity contribution in [2.75, 3.05) is 0 Å². The van der Waals surface area contributed by atoms with Crippen LogP contribution in [0, 0.1) is 11.3 Å². The van der Waals surface area contributed by atoms with Gasteiger partial charge in [-0.3, -0.25) is 0 Å². The summed E-state index contributed by atoms with van der Waals surface area (Å²) in [5, 5.41) is 8.43. The molecule has 3 nitrogen and oxygen atoms in total. The van der Waals surface area contributed by atoms with E-state index in [0.717, 1.165) is 69.8 Å². The third kappa shape index (κ3) is 8.07. The van der Waals surface area contributed by atoms with Crippen LogP contribution < -0.4 is 0 Å². The number of hydrogen-bond acceptors (Lipinski definition) is 1. The van der Waals surface area contributed by atoms with E-state index >= 15 is 0 Å². The highest BCUT2D eigenvalue weighted by Gasteiger charge is 2.42. The second kappa shape index (κ2) is 15.7. The highest BCUT2D eigenvalue weighted by Crippen LogP contribution is 2.49. The minimum absolute atomic E-state index is 0.232. The summed E-state index contributed by atoms with van der Waals surface area (Å²) in [4.78, 5) is 0. The molecule has 21 heteroatoms. The van der Waals surface area contributed by atoms with Crippen molar-refractivity contribution in [2.45, 2.75) is 37.1 Å². The molecule has 358 valence electrons. The van der Waals surface area contributed by atoms with Gasteiger partial charge in [0.15, 0.2) is 0 Å². The fourth-order valence-corrected chi connectivity index (χ4v) is 8.73. The highest BCUT2D eigenvalue weighted by atomic mass is 19.4. The SMILES string of the molecule is N#Cc1ccc(-n2c3ccc(C(F)(F)F)cc3c3cc(C(F)(F)F)ccc32)c(-c2cc(-c3c(C(F)(F)F)cccc3C(F)(F)F)ccc2-n2c3ccc(C(F)(F)F)cc3c3cc(C(F)(F)F)ccc32)c1. The third-order valence-electron chi connectivity index (χ3n) is 11.7. The number of halogens is 18. The van der Waals surface area contributed by atoms with Gasteiger partial charge in [0.2, 0.25) is 0 Å². The summed E-state index contributed by atoms with van der Waals surface area (Å²) in [5.74, 6) is 0. The zero-order valence-corrected chi connectivity index (χ0v) is 34.3. The molecule has 0 unspecified atom stereocenters. The number of aromatic nitrogens is 2. The number of hydrogen-bond donors (Lipinski definition) is 0. The van der Waals surface area contributed by atoms with Crippen molar-refractivity contribution in [3.8, 4) is 39.7 Å². The molecule has 0 saturated carbocycles. The van der Waals surface area contributed by atoms with Crippen molar-refractivity contribution in [3.63, 3.8) is 0 Å². The van der Waals surface area contributed by atoms with Crippen molar-refractivity contribution in [3.05, 3.63) is 166 Å². The first-order valence-corrected chi connectivity index (χ1v) is 19.9. The van der Waals surface area contributed by atoms with Crippen LogP contribution in [0.5, 0.6) is 0 Å². The van der Waals surface area contributed by atoms with Gasteiger partial charge in [0.25, 0.3) is 0 Å². The molecule has 2 heterocycles. The predicted octanol–water partition coefficient (Wildman–Crippen LogP) is 17.2. The van der Waals surface area contributed by atoms with Crippen molar-refractivity contribution < 1.29 is 79.0 Å². The Hall–Kier alpha value is -7.63. The number of fused-ring (bicyclic) bond motifs is 6. The van der Waals surface area contributed by atoms with Gasteiger partial charge in [-0.1, -0.05) is 12.1 Å². The van der Waals surface area contributed by atoms with E-state index in [0.29, 0.717) is 66.7 Å². The standard InChI is InChI=1S/C49H21F18N3/c50-44(51,52)25-6-12-39-31(18-25)32-19-26(45(53,54)55)7-13-40(32)69(39)37-10-4-23(22-68)16-29(37)30-17-24(43-35(48(62,63)64)2-1-3-36(43)49(65,66)67)5-11-38(30)70-41-14-8-27(46(56,57)58)20-33(41)34-21-28(47(59,60)61)9-15-42(34)70/h1-21H. The van der Waals surface area contributed by atoms with Crippen LogP contribution in [0.4, 0.5) is 79.0 Å². The van der Waals surface area contributed by atoms with Crippen LogP contribution in [-0.4, -0.2) is 9.13 Å². The van der Waals surface area contributed by atoms with Crippen molar-refractivity contribution in [1.82, 2.24) is 9.13 Å². The quantitative estimate of drug-likeness (QED) is 0.162. The molecule has 9 rings (SSSR count). The maximum Gasteiger partial charge on any atom is 0.417 e. The van der Waals surface area contributed by atoms with Gasteiger partial charge in [0.1, 0.15) is 0 Å². The molecule has 0 bridgehead atoms. The Labute approximate surface area is 379 Å². The minimum Gasteiger partial charge on any atom is -0.309 e. The van der Waals surface area contributed by atoms with Gasteiger partial charge in [-0.05, 0) is 121 Å².